The highest BCUT2D eigenvalue weighted by molar-refractivity contribution is 5.93. The molecule has 22 heavy (non-hydrogen) atoms. The van der Waals surface area contributed by atoms with Crippen LogP contribution >= 0.6 is 0 Å². The van der Waals surface area contributed by atoms with Gasteiger partial charge in [-0.25, -0.2) is 0 Å². The van der Waals surface area contributed by atoms with Crippen LogP contribution in [0.5, 0.6) is 0 Å². The first-order chi connectivity index (χ1) is 10.6. The summed E-state index contributed by atoms with van der Waals surface area (Å²) in [5.74, 6) is 2.50. The minimum Gasteiger partial charge on any atom is -0.356 e. The molecule has 6 nitrogen and oxygen atoms in total. The van der Waals surface area contributed by atoms with Crippen molar-refractivity contribution in [3.8, 4) is 12.3 Å². The minimum atomic E-state index is -0.421. The Morgan fingerprint density at radius 2 is 2.23 bits per heavy atom. The highest BCUT2D eigenvalue weighted by Gasteiger charge is 2.39. The topological polar surface area (TPSA) is 79.9 Å². The van der Waals surface area contributed by atoms with Crippen LogP contribution < -0.4 is 5.32 Å². The maximum absolute atomic E-state index is 12.0. The molecule has 2 aromatic rings. The van der Waals surface area contributed by atoms with E-state index in [2.05, 4.69) is 26.6 Å². The van der Waals surface area contributed by atoms with Crippen LogP contribution in [0, 0.1) is 19.3 Å². The fourth-order valence-electron chi connectivity index (χ4n) is 2.35. The molecular weight excluding hydrogens is 280 g/mol. The van der Waals surface area contributed by atoms with E-state index in [-0.39, 0.29) is 5.91 Å². The van der Waals surface area contributed by atoms with Gasteiger partial charge in [-0.05, 0) is 19.1 Å². The molecule has 1 aliphatic heterocycles. The zero-order valence-electron chi connectivity index (χ0n) is 12.3. The van der Waals surface area contributed by atoms with E-state index in [0.29, 0.717) is 37.0 Å². The van der Waals surface area contributed by atoms with E-state index in [4.69, 9.17) is 10.9 Å². The number of nitrogens with zero attached hydrogens (tertiary/aromatic N) is 3. The molecule has 0 bridgehead atoms. The van der Waals surface area contributed by atoms with Gasteiger partial charge in [0.15, 0.2) is 11.2 Å². The first-order valence-corrected chi connectivity index (χ1v) is 7.15. The molecule has 112 valence electrons. The number of hydrogen-bond donors (Lipinski definition) is 1. The average Bonchev–Trinajstić information content (AvgIpc) is 3.20. The van der Waals surface area contributed by atoms with Crippen molar-refractivity contribution in [2.75, 3.05) is 5.32 Å². The lowest BCUT2D eigenvalue weighted by Gasteiger charge is -2.09. The van der Waals surface area contributed by atoms with E-state index < -0.39 is 5.66 Å². The summed E-state index contributed by atoms with van der Waals surface area (Å²) in [6.45, 7) is 1.88. The Morgan fingerprint density at radius 1 is 1.41 bits per heavy atom. The van der Waals surface area contributed by atoms with E-state index in [0.717, 1.165) is 11.1 Å². The molecule has 6 heteroatoms. The van der Waals surface area contributed by atoms with Crippen LogP contribution in [0.25, 0.3) is 11.0 Å². The molecule has 0 fully saturated rings. The number of rotatable bonds is 6. The zero-order chi connectivity index (χ0) is 15.6. The third-order valence-electron chi connectivity index (χ3n) is 3.74. The van der Waals surface area contributed by atoms with Crippen LogP contribution in [-0.4, -0.2) is 16.7 Å². The smallest absolute Gasteiger partial charge is 0.224 e. The van der Waals surface area contributed by atoms with Gasteiger partial charge in [0.25, 0.3) is 0 Å². The van der Waals surface area contributed by atoms with Crippen molar-refractivity contribution in [2.24, 2.45) is 10.2 Å². The molecule has 2 heterocycles. The number of carbonyl (C=O) groups is 1. The van der Waals surface area contributed by atoms with Crippen LogP contribution in [-0.2, 0) is 4.79 Å². The second-order valence-electron chi connectivity index (χ2n) is 5.41. The molecule has 0 atom stereocenters. The van der Waals surface area contributed by atoms with E-state index in [1.165, 1.54) is 0 Å². The number of aryl methyl sites for hydroxylation is 1. The maximum Gasteiger partial charge on any atom is 0.224 e. The zero-order valence-corrected chi connectivity index (χ0v) is 12.3. The van der Waals surface area contributed by atoms with Gasteiger partial charge in [0.05, 0.1) is 5.69 Å². The first kappa shape index (κ1) is 14.3. The molecule has 1 N–H and O–H groups in total. The summed E-state index contributed by atoms with van der Waals surface area (Å²) in [5, 5.41) is 15.7. The number of nitrogens with one attached hydrogen (secondary N) is 1. The van der Waals surface area contributed by atoms with Crippen molar-refractivity contribution in [3.05, 3.63) is 23.9 Å². The number of fused-ring (bicyclic) bond motifs is 1. The Bertz CT molecular complexity index is 779. The number of aromatic nitrogens is 1. The van der Waals surface area contributed by atoms with Crippen LogP contribution in [0.3, 0.4) is 0 Å². The number of anilines is 1. The minimum absolute atomic E-state index is 0.0760. The van der Waals surface area contributed by atoms with Gasteiger partial charge in [0.2, 0.25) is 5.91 Å². The summed E-state index contributed by atoms with van der Waals surface area (Å²) in [6, 6.07) is 5.49. The van der Waals surface area contributed by atoms with Gasteiger partial charge in [-0.3, -0.25) is 4.79 Å². The molecule has 1 aliphatic rings. The predicted octanol–water partition coefficient (Wildman–Crippen LogP) is 3.43. The lowest BCUT2D eigenvalue weighted by atomic mass is 10.0. The predicted molar refractivity (Wildman–Crippen MR) is 82.3 cm³/mol. The summed E-state index contributed by atoms with van der Waals surface area (Å²) in [4.78, 5) is 12.0. The number of benzene rings is 1. The van der Waals surface area contributed by atoms with Crippen molar-refractivity contribution in [1.82, 2.24) is 5.16 Å². The second-order valence-corrected chi connectivity index (χ2v) is 5.41. The molecule has 1 amide bonds. The van der Waals surface area contributed by atoms with E-state index >= 15 is 0 Å². The average molecular weight is 296 g/mol. The molecule has 1 aromatic heterocycles. The van der Waals surface area contributed by atoms with Gasteiger partial charge in [0, 0.05) is 42.8 Å². The van der Waals surface area contributed by atoms with Gasteiger partial charge >= 0.3 is 0 Å². The Labute approximate surface area is 128 Å². The van der Waals surface area contributed by atoms with Gasteiger partial charge in [0.1, 0.15) is 0 Å². The lowest BCUT2D eigenvalue weighted by Crippen LogP contribution is -2.17. The molecule has 1 aromatic carbocycles. The molecule has 3 rings (SSSR count). The van der Waals surface area contributed by atoms with Gasteiger partial charge in [-0.2, -0.15) is 10.2 Å². The highest BCUT2D eigenvalue weighted by atomic mass is 16.5. The largest absolute Gasteiger partial charge is 0.356 e. The van der Waals surface area contributed by atoms with E-state index in [9.17, 15) is 4.79 Å². The number of carbonyl (C=O) groups excluding carboxylic acids is 1. The lowest BCUT2D eigenvalue weighted by molar-refractivity contribution is -0.116. The third-order valence-corrected chi connectivity index (χ3v) is 3.74. The Kier molecular flexibility index (Phi) is 3.63. The quantitative estimate of drug-likeness (QED) is 0.829. The number of amides is 1. The molecule has 0 aliphatic carbocycles. The molecule has 0 unspecified atom stereocenters. The molecular formula is C16H16N4O2. The summed E-state index contributed by atoms with van der Waals surface area (Å²) in [6.07, 6.45) is 7.51. The van der Waals surface area contributed by atoms with Crippen LogP contribution in [0.15, 0.2) is 33.0 Å². The first-order valence-electron chi connectivity index (χ1n) is 7.15. The maximum atomic E-state index is 12.0. The monoisotopic (exact) mass is 296 g/mol. The van der Waals surface area contributed by atoms with Crippen molar-refractivity contribution in [3.63, 3.8) is 0 Å². The molecule has 0 saturated heterocycles. The number of hydrogen-bond acceptors (Lipinski definition) is 5. The van der Waals surface area contributed by atoms with Gasteiger partial charge in [-0.15, -0.1) is 12.3 Å². The molecule has 0 radical (unpaired) electrons. The van der Waals surface area contributed by atoms with Gasteiger partial charge in [-0.1, -0.05) is 5.16 Å². The second kappa shape index (κ2) is 5.60. The molecule has 0 spiro atoms. The van der Waals surface area contributed by atoms with Crippen molar-refractivity contribution in [2.45, 2.75) is 38.3 Å². The summed E-state index contributed by atoms with van der Waals surface area (Å²) in [7, 11) is 0. The van der Waals surface area contributed by atoms with Crippen molar-refractivity contribution >= 4 is 22.6 Å². The third kappa shape index (κ3) is 2.98. The standard InChI is InChI=1S/C16H16N4O2/c1-3-4-8-16(19-20-16)9-7-15(21)17-12-5-6-13-11(2)18-22-14(13)10-12/h1,5-6,10H,4,7-9H2,2H3,(H,17,21). The van der Waals surface area contributed by atoms with E-state index in [1.54, 1.807) is 6.07 Å². The van der Waals surface area contributed by atoms with Crippen LogP contribution in [0.2, 0.25) is 0 Å². The summed E-state index contributed by atoms with van der Waals surface area (Å²) in [5.41, 5.74) is 1.76. The Balaban J connectivity index is 1.56. The van der Waals surface area contributed by atoms with Crippen molar-refractivity contribution < 1.29 is 9.32 Å². The van der Waals surface area contributed by atoms with Crippen LogP contribution in [0.1, 0.15) is 31.4 Å². The fourth-order valence-corrected chi connectivity index (χ4v) is 2.35. The van der Waals surface area contributed by atoms with Gasteiger partial charge < -0.3 is 9.84 Å². The normalized spacial score (nSPS) is 14.7. The SMILES string of the molecule is C#CCCC1(CCC(=O)Nc2ccc3c(C)noc3c2)N=N1. The van der Waals surface area contributed by atoms with E-state index in [1.807, 2.05) is 19.1 Å². The Morgan fingerprint density at radius 3 is 2.95 bits per heavy atom. The van der Waals surface area contributed by atoms with Crippen molar-refractivity contribution in [1.29, 1.82) is 0 Å². The van der Waals surface area contributed by atoms with Crippen LogP contribution in [0.4, 0.5) is 5.69 Å². The fraction of sp³-hybridized carbons (Fsp3) is 0.375. The molecule has 0 saturated carbocycles. The highest BCUT2D eigenvalue weighted by Crippen LogP contribution is 2.37. The number of terminal acetylenes is 1. The summed E-state index contributed by atoms with van der Waals surface area (Å²) >= 11 is 0. The Hall–Kier alpha value is -2.68. The summed E-state index contributed by atoms with van der Waals surface area (Å²) < 4.78 is 5.19.